The number of carbonyl (C=O) groups is 1. The zero-order valence-electron chi connectivity index (χ0n) is 11.8. The maximum absolute atomic E-state index is 11.2. The van der Waals surface area contributed by atoms with E-state index < -0.39 is 5.97 Å². The number of aromatic nitrogens is 2. The van der Waals surface area contributed by atoms with E-state index in [1.54, 1.807) is 0 Å². The average molecular weight is 283 g/mol. The van der Waals surface area contributed by atoms with E-state index >= 15 is 0 Å². The molecular weight excluding hydrogens is 262 g/mol. The molecule has 1 heterocycles. The number of aromatic carboxylic acids is 1. The van der Waals surface area contributed by atoms with E-state index in [2.05, 4.69) is 15.3 Å². The van der Waals surface area contributed by atoms with Crippen molar-refractivity contribution < 1.29 is 19.7 Å². The van der Waals surface area contributed by atoms with E-state index in [-0.39, 0.29) is 18.2 Å². The van der Waals surface area contributed by atoms with Gasteiger partial charge in [0.1, 0.15) is 5.82 Å². The second-order valence-corrected chi connectivity index (χ2v) is 4.57. The molecule has 20 heavy (non-hydrogen) atoms. The van der Waals surface area contributed by atoms with Crippen molar-refractivity contribution in [3.05, 3.63) is 17.7 Å². The van der Waals surface area contributed by atoms with E-state index in [4.69, 9.17) is 14.9 Å². The van der Waals surface area contributed by atoms with Gasteiger partial charge in [0.05, 0.1) is 25.1 Å². The van der Waals surface area contributed by atoms with Crippen molar-refractivity contribution in [2.45, 2.75) is 26.2 Å². The lowest BCUT2D eigenvalue weighted by Gasteiger charge is -2.11. The molecule has 1 rings (SSSR count). The third kappa shape index (κ3) is 5.10. The number of hydrogen-bond acceptors (Lipinski definition) is 6. The lowest BCUT2D eigenvalue weighted by atomic mass is 10.2. The van der Waals surface area contributed by atoms with Crippen molar-refractivity contribution in [2.24, 2.45) is 0 Å². The van der Waals surface area contributed by atoms with Crippen LogP contribution in [-0.4, -0.2) is 52.5 Å². The van der Waals surface area contributed by atoms with Crippen LogP contribution in [0.1, 0.15) is 42.5 Å². The molecular formula is C13H21N3O4. The topological polar surface area (TPSA) is 105 Å². The van der Waals surface area contributed by atoms with Gasteiger partial charge in [0.2, 0.25) is 0 Å². The number of ether oxygens (including phenoxy) is 1. The standard InChI is InChI=1S/C13H21N3O4/c1-9(2)12-15-8-10(11(16-12)13(18)19)14-4-3-6-20-7-5-17/h8-9,14,17H,3-7H2,1-2H3,(H,18,19). The Labute approximate surface area is 118 Å². The summed E-state index contributed by atoms with van der Waals surface area (Å²) >= 11 is 0. The highest BCUT2D eigenvalue weighted by Crippen LogP contribution is 2.16. The highest BCUT2D eigenvalue weighted by molar-refractivity contribution is 5.91. The fourth-order valence-electron chi connectivity index (χ4n) is 1.53. The molecule has 0 saturated heterocycles. The molecule has 7 heteroatoms. The minimum absolute atomic E-state index is 0.00109. The Morgan fingerprint density at radius 2 is 2.20 bits per heavy atom. The largest absolute Gasteiger partial charge is 0.476 e. The van der Waals surface area contributed by atoms with Gasteiger partial charge in [-0.3, -0.25) is 0 Å². The lowest BCUT2D eigenvalue weighted by Crippen LogP contribution is -2.14. The van der Waals surface area contributed by atoms with Crippen LogP contribution in [0, 0.1) is 0 Å². The van der Waals surface area contributed by atoms with Crippen molar-refractivity contribution in [1.82, 2.24) is 9.97 Å². The molecule has 0 radical (unpaired) electrons. The second-order valence-electron chi connectivity index (χ2n) is 4.57. The van der Waals surface area contributed by atoms with Gasteiger partial charge in [-0.2, -0.15) is 0 Å². The zero-order valence-corrected chi connectivity index (χ0v) is 11.8. The first-order valence-corrected chi connectivity index (χ1v) is 6.59. The molecule has 0 spiro atoms. The maximum atomic E-state index is 11.2. The van der Waals surface area contributed by atoms with Gasteiger partial charge in [-0.1, -0.05) is 13.8 Å². The SMILES string of the molecule is CC(C)c1ncc(NCCCOCCO)c(C(=O)O)n1. The molecule has 112 valence electrons. The first kappa shape index (κ1) is 16.3. The number of carboxylic acids is 1. The van der Waals surface area contributed by atoms with Crippen LogP contribution in [0.4, 0.5) is 5.69 Å². The Morgan fingerprint density at radius 3 is 2.80 bits per heavy atom. The van der Waals surface area contributed by atoms with Crippen LogP contribution in [0.2, 0.25) is 0 Å². The average Bonchev–Trinajstić information content (AvgIpc) is 2.42. The fraction of sp³-hybridized carbons (Fsp3) is 0.615. The van der Waals surface area contributed by atoms with E-state index in [1.165, 1.54) is 6.20 Å². The van der Waals surface area contributed by atoms with Crippen LogP contribution >= 0.6 is 0 Å². The number of carboxylic acid groups (broad SMARTS) is 1. The first-order valence-electron chi connectivity index (χ1n) is 6.59. The van der Waals surface area contributed by atoms with Gasteiger partial charge in [0.25, 0.3) is 0 Å². The molecule has 0 amide bonds. The minimum Gasteiger partial charge on any atom is -0.476 e. The summed E-state index contributed by atoms with van der Waals surface area (Å²) in [4.78, 5) is 19.4. The highest BCUT2D eigenvalue weighted by Gasteiger charge is 2.15. The smallest absolute Gasteiger partial charge is 0.356 e. The van der Waals surface area contributed by atoms with Gasteiger partial charge < -0.3 is 20.3 Å². The molecule has 0 aromatic carbocycles. The maximum Gasteiger partial charge on any atom is 0.356 e. The van der Waals surface area contributed by atoms with Crippen molar-refractivity contribution in [3.8, 4) is 0 Å². The summed E-state index contributed by atoms with van der Waals surface area (Å²) < 4.78 is 5.11. The Bertz CT molecular complexity index is 438. The second kappa shape index (κ2) is 8.44. The first-order chi connectivity index (χ1) is 9.56. The number of aliphatic hydroxyl groups excluding tert-OH is 1. The molecule has 0 aliphatic heterocycles. The van der Waals surface area contributed by atoms with Gasteiger partial charge >= 0.3 is 5.97 Å². The number of rotatable bonds is 9. The molecule has 0 bridgehead atoms. The van der Waals surface area contributed by atoms with Crippen molar-refractivity contribution in [1.29, 1.82) is 0 Å². The molecule has 0 aliphatic carbocycles. The predicted octanol–water partition coefficient (Wildman–Crippen LogP) is 1.11. The third-order valence-electron chi connectivity index (χ3n) is 2.54. The van der Waals surface area contributed by atoms with Gasteiger partial charge in [-0.15, -0.1) is 0 Å². The summed E-state index contributed by atoms with van der Waals surface area (Å²) in [5, 5.41) is 20.7. The van der Waals surface area contributed by atoms with Crippen LogP contribution in [0.15, 0.2) is 6.20 Å². The Hall–Kier alpha value is -1.73. The van der Waals surface area contributed by atoms with Crippen LogP contribution in [0.5, 0.6) is 0 Å². The zero-order chi connectivity index (χ0) is 15.0. The summed E-state index contributed by atoms with van der Waals surface area (Å²) in [6.07, 6.45) is 2.20. The summed E-state index contributed by atoms with van der Waals surface area (Å²) in [5.41, 5.74) is 0.393. The van der Waals surface area contributed by atoms with Crippen LogP contribution < -0.4 is 5.32 Å². The molecule has 0 unspecified atom stereocenters. The molecule has 1 aromatic rings. The summed E-state index contributed by atoms with van der Waals surface area (Å²) in [5.74, 6) is -0.485. The number of anilines is 1. The van der Waals surface area contributed by atoms with Crippen LogP contribution in [-0.2, 0) is 4.74 Å². The Morgan fingerprint density at radius 1 is 1.45 bits per heavy atom. The number of hydrogen-bond donors (Lipinski definition) is 3. The summed E-state index contributed by atoms with van der Waals surface area (Å²) in [6.45, 7) is 5.18. The minimum atomic E-state index is -1.08. The third-order valence-corrected chi connectivity index (χ3v) is 2.54. The normalized spacial score (nSPS) is 10.8. The predicted molar refractivity (Wildman–Crippen MR) is 74.1 cm³/mol. The highest BCUT2D eigenvalue weighted by atomic mass is 16.5. The summed E-state index contributed by atoms with van der Waals surface area (Å²) in [7, 11) is 0. The molecule has 3 N–H and O–H groups in total. The summed E-state index contributed by atoms with van der Waals surface area (Å²) in [6, 6.07) is 0. The van der Waals surface area contributed by atoms with Crippen molar-refractivity contribution in [3.63, 3.8) is 0 Å². The monoisotopic (exact) mass is 283 g/mol. The van der Waals surface area contributed by atoms with Gasteiger partial charge in [0, 0.05) is 19.1 Å². The van der Waals surface area contributed by atoms with Gasteiger partial charge in [-0.05, 0) is 6.42 Å². The van der Waals surface area contributed by atoms with E-state index in [0.717, 1.165) is 0 Å². The van der Waals surface area contributed by atoms with Crippen molar-refractivity contribution in [2.75, 3.05) is 31.7 Å². The number of nitrogens with zero attached hydrogens (tertiary/aromatic N) is 2. The van der Waals surface area contributed by atoms with Crippen LogP contribution in [0.25, 0.3) is 0 Å². The number of aliphatic hydroxyl groups is 1. The van der Waals surface area contributed by atoms with E-state index in [1.807, 2.05) is 13.8 Å². The molecule has 7 nitrogen and oxygen atoms in total. The van der Waals surface area contributed by atoms with E-state index in [0.29, 0.717) is 37.7 Å². The molecule has 0 fully saturated rings. The van der Waals surface area contributed by atoms with Gasteiger partial charge in [0.15, 0.2) is 5.69 Å². The Balaban J connectivity index is 2.58. The van der Waals surface area contributed by atoms with Crippen LogP contribution in [0.3, 0.4) is 0 Å². The molecule has 1 aromatic heterocycles. The van der Waals surface area contributed by atoms with Gasteiger partial charge in [-0.25, -0.2) is 14.8 Å². The molecule has 0 atom stereocenters. The van der Waals surface area contributed by atoms with E-state index in [9.17, 15) is 4.79 Å². The fourth-order valence-corrected chi connectivity index (χ4v) is 1.53. The molecule has 0 saturated carbocycles. The quantitative estimate of drug-likeness (QED) is 0.583. The Kier molecular flexibility index (Phi) is 6.89. The molecule has 0 aliphatic rings. The number of nitrogens with one attached hydrogen (secondary N) is 1. The lowest BCUT2D eigenvalue weighted by molar-refractivity contribution is 0.0691. The van der Waals surface area contributed by atoms with Crippen molar-refractivity contribution >= 4 is 11.7 Å².